The lowest BCUT2D eigenvalue weighted by atomic mass is 10.1. The van der Waals surface area contributed by atoms with E-state index in [1.54, 1.807) is 35.2 Å². The SMILES string of the molecule is C[C@H](Nc1ncnc2nc[nH]c12)c1cc2cccc(Cl)c2c(=O)n1-c1cccc(Cl)c1. The molecular formula is C22H16Cl2N6O. The highest BCUT2D eigenvalue weighted by molar-refractivity contribution is 6.35. The number of H-pyrrole nitrogens is 1. The van der Waals surface area contributed by atoms with Crippen LogP contribution in [0.15, 0.2) is 66.0 Å². The van der Waals surface area contributed by atoms with Gasteiger partial charge in [-0.2, -0.15) is 0 Å². The molecule has 0 fully saturated rings. The maximum Gasteiger partial charge on any atom is 0.264 e. The van der Waals surface area contributed by atoms with Gasteiger partial charge in [0.05, 0.1) is 28.5 Å². The van der Waals surface area contributed by atoms with E-state index in [0.29, 0.717) is 38.1 Å². The summed E-state index contributed by atoms with van der Waals surface area (Å²) in [6.45, 7) is 1.95. The fourth-order valence-electron chi connectivity index (χ4n) is 3.69. The number of nitrogens with zero attached hydrogens (tertiary/aromatic N) is 4. The molecule has 0 aliphatic heterocycles. The van der Waals surface area contributed by atoms with Gasteiger partial charge in [0.15, 0.2) is 11.5 Å². The number of hydrogen-bond donors (Lipinski definition) is 2. The number of rotatable bonds is 4. The van der Waals surface area contributed by atoms with Crippen LogP contribution in [0, 0.1) is 0 Å². The molecule has 154 valence electrons. The van der Waals surface area contributed by atoms with E-state index >= 15 is 0 Å². The van der Waals surface area contributed by atoms with E-state index in [4.69, 9.17) is 23.2 Å². The maximum atomic E-state index is 13.6. The Bertz CT molecular complexity index is 1490. The van der Waals surface area contributed by atoms with Gasteiger partial charge in [0, 0.05) is 10.7 Å². The minimum absolute atomic E-state index is 0.219. The van der Waals surface area contributed by atoms with Crippen molar-refractivity contribution in [3.63, 3.8) is 0 Å². The lowest BCUT2D eigenvalue weighted by molar-refractivity contribution is 0.774. The molecule has 2 N–H and O–H groups in total. The third-order valence-corrected chi connectivity index (χ3v) is 5.66. The zero-order valence-electron chi connectivity index (χ0n) is 16.3. The molecule has 3 heterocycles. The average Bonchev–Trinajstić information content (AvgIpc) is 3.23. The third kappa shape index (κ3) is 3.41. The number of aromatic amines is 1. The van der Waals surface area contributed by atoms with Crippen LogP contribution in [0.1, 0.15) is 18.7 Å². The van der Waals surface area contributed by atoms with Crippen LogP contribution in [0.5, 0.6) is 0 Å². The zero-order valence-corrected chi connectivity index (χ0v) is 17.8. The summed E-state index contributed by atoms with van der Waals surface area (Å²) in [6, 6.07) is 14.2. The first-order valence-electron chi connectivity index (χ1n) is 9.53. The maximum absolute atomic E-state index is 13.6. The van der Waals surface area contributed by atoms with Crippen molar-refractivity contribution < 1.29 is 0 Å². The van der Waals surface area contributed by atoms with Crippen molar-refractivity contribution >= 4 is 51.0 Å². The summed E-state index contributed by atoms with van der Waals surface area (Å²) in [5.74, 6) is 0.589. The van der Waals surface area contributed by atoms with E-state index in [9.17, 15) is 4.79 Å². The molecule has 0 bridgehead atoms. The molecule has 9 heteroatoms. The Kier molecular flexibility index (Phi) is 4.84. The Morgan fingerprint density at radius 1 is 1.06 bits per heavy atom. The van der Waals surface area contributed by atoms with Gasteiger partial charge in [-0.3, -0.25) is 9.36 Å². The topological polar surface area (TPSA) is 88.5 Å². The van der Waals surface area contributed by atoms with Gasteiger partial charge in [0.1, 0.15) is 11.8 Å². The summed E-state index contributed by atoms with van der Waals surface area (Å²) in [7, 11) is 0. The van der Waals surface area contributed by atoms with Crippen molar-refractivity contribution in [3.05, 3.63) is 87.3 Å². The molecule has 7 nitrogen and oxygen atoms in total. The molecule has 0 unspecified atom stereocenters. The van der Waals surface area contributed by atoms with Crippen LogP contribution in [0.3, 0.4) is 0 Å². The van der Waals surface area contributed by atoms with Crippen molar-refractivity contribution in [1.82, 2.24) is 24.5 Å². The molecule has 0 aliphatic rings. The van der Waals surface area contributed by atoms with Crippen molar-refractivity contribution in [2.75, 3.05) is 5.32 Å². The van der Waals surface area contributed by atoms with E-state index in [1.165, 1.54) is 6.33 Å². The van der Waals surface area contributed by atoms with E-state index in [1.807, 2.05) is 31.2 Å². The Balaban J connectivity index is 1.72. The van der Waals surface area contributed by atoms with Crippen molar-refractivity contribution in [3.8, 4) is 5.69 Å². The Morgan fingerprint density at radius 3 is 2.74 bits per heavy atom. The Morgan fingerprint density at radius 2 is 1.90 bits per heavy atom. The molecule has 5 rings (SSSR count). The number of pyridine rings is 1. The molecule has 0 saturated heterocycles. The lowest BCUT2D eigenvalue weighted by Gasteiger charge is -2.21. The van der Waals surface area contributed by atoms with E-state index in [-0.39, 0.29) is 11.6 Å². The van der Waals surface area contributed by atoms with Crippen LogP contribution in [0.2, 0.25) is 10.0 Å². The number of halogens is 2. The van der Waals surface area contributed by atoms with Crippen LogP contribution in [-0.4, -0.2) is 24.5 Å². The summed E-state index contributed by atoms with van der Waals surface area (Å²) in [5.41, 5.74) is 2.41. The summed E-state index contributed by atoms with van der Waals surface area (Å²) >= 11 is 12.6. The van der Waals surface area contributed by atoms with Crippen LogP contribution in [0.4, 0.5) is 5.82 Å². The molecule has 0 saturated carbocycles. The van der Waals surface area contributed by atoms with Gasteiger partial charge < -0.3 is 10.3 Å². The normalized spacial score (nSPS) is 12.4. The first-order valence-corrected chi connectivity index (χ1v) is 10.3. The van der Waals surface area contributed by atoms with Gasteiger partial charge in [-0.1, -0.05) is 41.4 Å². The van der Waals surface area contributed by atoms with Crippen LogP contribution < -0.4 is 10.9 Å². The third-order valence-electron chi connectivity index (χ3n) is 5.11. The van der Waals surface area contributed by atoms with Crippen LogP contribution in [0.25, 0.3) is 27.6 Å². The van der Waals surface area contributed by atoms with Crippen LogP contribution in [-0.2, 0) is 0 Å². The quantitative estimate of drug-likeness (QED) is 0.395. The minimum Gasteiger partial charge on any atom is -0.360 e. The highest BCUT2D eigenvalue weighted by atomic mass is 35.5. The molecule has 5 aromatic rings. The zero-order chi connectivity index (χ0) is 21.5. The second-order valence-corrected chi connectivity index (χ2v) is 7.93. The summed E-state index contributed by atoms with van der Waals surface area (Å²) in [4.78, 5) is 29.3. The fourth-order valence-corrected chi connectivity index (χ4v) is 4.14. The van der Waals surface area contributed by atoms with Gasteiger partial charge in [-0.15, -0.1) is 0 Å². The monoisotopic (exact) mass is 450 g/mol. The summed E-state index contributed by atoms with van der Waals surface area (Å²) < 4.78 is 1.63. The minimum atomic E-state index is -0.295. The molecule has 0 radical (unpaired) electrons. The molecule has 0 amide bonds. The van der Waals surface area contributed by atoms with Crippen molar-refractivity contribution in [2.24, 2.45) is 0 Å². The van der Waals surface area contributed by atoms with Gasteiger partial charge in [0.2, 0.25) is 0 Å². The predicted octanol–water partition coefficient (Wildman–Crippen LogP) is 5.14. The number of imidazole rings is 1. The summed E-state index contributed by atoms with van der Waals surface area (Å²) in [5, 5.41) is 5.52. The second-order valence-electron chi connectivity index (χ2n) is 7.08. The number of benzene rings is 2. The van der Waals surface area contributed by atoms with E-state index in [0.717, 1.165) is 11.1 Å². The van der Waals surface area contributed by atoms with Gasteiger partial charge in [-0.25, -0.2) is 15.0 Å². The standard InChI is InChI=1S/C22H16Cl2N6O/c1-12(29-21-19-20(26-10-25-19)27-11-28-21)17-8-13-4-2-7-16(24)18(13)22(31)30(17)15-6-3-5-14(23)9-15/h2-12H,1H3,(H2,25,26,27,28,29)/t12-/m0/s1. The van der Waals surface area contributed by atoms with Gasteiger partial charge >= 0.3 is 0 Å². The van der Waals surface area contributed by atoms with E-state index in [2.05, 4.69) is 25.3 Å². The Hall–Kier alpha value is -3.42. The number of hydrogen-bond acceptors (Lipinski definition) is 5. The smallest absolute Gasteiger partial charge is 0.264 e. The van der Waals surface area contributed by atoms with Gasteiger partial charge in [-0.05, 0) is 42.6 Å². The molecule has 1 atom stereocenters. The molecule has 0 aliphatic carbocycles. The lowest BCUT2D eigenvalue weighted by Crippen LogP contribution is -2.26. The summed E-state index contributed by atoms with van der Waals surface area (Å²) in [6.07, 6.45) is 3.01. The average molecular weight is 451 g/mol. The molecule has 0 spiro atoms. The van der Waals surface area contributed by atoms with Crippen molar-refractivity contribution in [1.29, 1.82) is 0 Å². The first kappa shape index (κ1) is 19.5. The highest BCUT2D eigenvalue weighted by Gasteiger charge is 2.19. The largest absolute Gasteiger partial charge is 0.360 e. The predicted molar refractivity (Wildman–Crippen MR) is 123 cm³/mol. The van der Waals surface area contributed by atoms with Gasteiger partial charge in [0.25, 0.3) is 5.56 Å². The number of aromatic nitrogens is 5. The fraction of sp³-hybridized carbons (Fsp3) is 0.0909. The van der Waals surface area contributed by atoms with Crippen LogP contribution >= 0.6 is 23.2 Å². The molecule has 31 heavy (non-hydrogen) atoms. The Labute approximate surface area is 186 Å². The second kappa shape index (κ2) is 7.68. The molecule has 2 aromatic carbocycles. The number of anilines is 1. The highest BCUT2D eigenvalue weighted by Crippen LogP contribution is 2.28. The molecular weight excluding hydrogens is 435 g/mol. The number of nitrogens with one attached hydrogen (secondary N) is 2. The molecule has 3 aromatic heterocycles. The number of fused-ring (bicyclic) bond motifs is 2. The van der Waals surface area contributed by atoms with Crippen molar-refractivity contribution in [2.45, 2.75) is 13.0 Å². The first-order chi connectivity index (χ1) is 15.0. The van der Waals surface area contributed by atoms with E-state index < -0.39 is 0 Å².